The summed E-state index contributed by atoms with van der Waals surface area (Å²) in [7, 11) is 3.42. The number of amides is 3. The minimum Gasteiger partial charge on any atom is -0.481 e. The van der Waals surface area contributed by atoms with E-state index in [9.17, 15) is 14.4 Å². The number of hydrogen-bond acceptors (Lipinski definition) is 4. The van der Waals surface area contributed by atoms with Crippen molar-refractivity contribution in [3.63, 3.8) is 0 Å². The van der Waals surface area contributed by atoms with E-state index >= 15 is 0 Å². The summed E-state index contributed by atoms with van der Waals surface area (Å²) < 4.78 is 5.31. The summed E-state index contributed by atoms with van der Waals surface area (Å²) in [5, 5.41) is 8.98. The number of morpholine rings is 1. The number of carbonyl (C=O) groups is 3. The van der Waals surface area contributed by atoms with Crippen LogP contribution in [0, 0.1) is 5.92 Å². The fraction of sp³-hybridized carbons (Fsp3) is 0.800. The lowest BCUT2D eigenvalue weighted by molar-refractivity contribution is -0.150. The lowest BCUT2D eigenvalue weighted by Crippen LogP contribution is -2.53. The zero-order valence-electron chi connectivity index (χ0n) is 13.7. The molecule has 130 valence electrons. The Balaban J connectivity index is 1.92. The second kappa shape index (κ2) is 7.63. The Labute approximate surface area is 136 Å². The smallest absolute Gasteiger partial charge is 0.319 e. The van der Waals surface area contributed by atoms with Gasteiger partial charge in [0.25, 0.3) is 0 Å². The number of hydrogen-bond donors (Lipinski definition) is 1. The molecule has 0 radical (unpaired) electrons. The maximum atomic E-state index is 12.7. The Hall–Kier alpha value is -1.83. The van der Waals surface area contributed by atoms with Crippen LogP contribution in [0.4, 0.5) is 4.79 Å². The molecule has 0 aromatic heterocycles. The van der Waals surface area contributed by atoms with Crippen LogP contribution in [0.1, 0.15) is 19.3 Å². The van der Waals surface area contributed by atoms with E-state index in [0.29, 0.717) is 39.1 Å². The number of aliphatic carboxylic acids is 1. The fourth-order valence-corrected chi connectivity index (χ4v) is 3.15. The zero-order chi connectivity index (χ0) is 17.0. The van der Waals surface area contributed by atoms with E-state index in [-0.39, 0.29) is 30.9 Å². The van der Waals surface area contributed by atoms with Crippen LogP contribution in [0.25, 0.3) is 0 Å². The van der Waals surface area contributed by atoms with Gasteiger partial charge >= 0.3 is 12.0 Å². The minimum atomic E-state index is -0.926. The predicted molar refractivity (Wildman–Crippen MR) is 82.0 cm³/mol. The third-order valence-corrected chi connectivity index (χ3v) is 4.42. The van der Waals surface area contributed by atoms with Crippen LogP contribution < -0.4 is 0 Å². The zero-order valence-corrected chi connectivity index (χ0v) is 13.7. The lowest BCUT2D eigenvalue weighted by Gasteiger charge is -2.39. The average Bonchev–Trinajstić information content (AvgIpc) is 2.53. The van der Waals surface area contributed by atoms with E-state index in [1.165, 1.54) is 4.90 Å². The number of piperidine rings is 1. The van der Waals surface area contributed by atoms with Crippen molar-refractivity contribution in [1.82, 2.24) is 14.7 Å². The van der Waals surface area contributed by atoms with E-state index < -0.39 is 12.0 Å². The summed E-state index contributed by atoms with van der Waals surface area (Å²) >= 11 is 0. The molecule has 2 aliphatic rings. The highest BCUT2D eigenvalue weighted by Gasteiger charge is 2.35. The molecule has 8 nitrogen and oxygen atoms in total. The van der Waals surface area contributed by atoms with Crippen LogP contribution in [0.5, 0.6) is 0 Å². The number of likely N-dealkylation sites (tertiary alicyclic amines) is 1. The Morgan fingerprint density at radius 1 is 1.17 bits per heavy atom. The first-order valence-electron chi connectivity index (χ1n) is 7.96. The second-order valence-electron chi connectivity index (χ2n) is 6.30. The van der Waals surface area contributed by atoms with Crippen molar-refractivity contribution in [2.24, 2.45) is 5.92 Å². The van der Waals surface area contributed by atoms with Gasteiger partial charge in [0.15, 0.2) is 0 Å². The van der Waals surface area contributed by atoms with Crippen molar-refractivity contribution < 1.29 is 24.2 Å². The van der Waals surface area contributed by atoms with Gasteiger partial charge in [-0.3, -0.25) is 9.59 Å². The Kier molecular flexibility index (Phi) is 5.81. The highest BCUT2D eigenvalue weighted by Crippen LogP contribution is 2.23. The monoisotopic (exact) mass is 327 g/mol. The summed E-state index contributed by atoms with van der Waals surface area (Å²) in [6.45, 7) is 2.27. The predicted octanol–water partition coefficient (Wildman–Crippen LogP) is 0.0821. The summed E-state index contributed by atoms with van der Waals surface area (Å²) in [6, 6.07) is -0.429. The fourth-order valence-electron chi connectivity index (χ4n) is 3.15. The van der Waals surface area contributed by atoms with Crippen molar-refractivity contribution in [2.45, 2.75) is 25.3 Å². The molecule has 2 heterocycles. The molecule has 2 saturated heterocycles. The van der Waals surface area contributed by atoms with Gasteiger partial charge in [0.1, 0.15) is 0 Å². The maximum Gasteiger partial charge on any atom is 0.319 e. The van der Waals surface area contributed by atoms with Crippen molar-refractivity contribution in [3.8, 4) is 0 Å². The Bertz CT molecular complexity index is 460. The quantitative estimate of drug-likeness (QED) is 0.793. The van der Waals surface area contributed by atoms with Gasteiger partial charge in [-0.05, 0) is 12.8 Å². The minimum absolute atomic E-state index is 0.00324. The molecule has 1 unspecified atom stereocenters. The van der Waals surface area contributed by atoms with Gasteiger partial charge in [-0.25, -0.2) is 4.79 Å². The van der Waals surface area contributed by atoms with Crippen LogP contribution in [-0.2, 0) is 14.3 Å². The molecule has 0 aliphatic carbocycles. The van der Waals surface area contributed by atoms with Crippen LogP contribution in [-0.4, -0.2) is 90.7 Å². The molecule has 0 aromatic rings. The number of rotatable bonds is 3. The normalized spacial score (nSPS) is 22.8. The van der Waals surface area contributed by atoms with E-state index in [0.717, 1.165) is 0 Å². The topological polar surface area (TPSA) is 90.4 Å². The largest absolute Gasteiger partial charge is 0.481 e. The summed E-state index contributed by atoms with van der Waals surface area (Å²) in [5.41, 5.74) is 0. The van der Waals surface area contributed by atoms with Crippen LogP contribution in [0.2, 0.25) is 0 Å². The van der Waals surface area contributed by atoms with Crippen molar-refractivity contribution in [3.05, 3.63) is 0 Å². The van der Waals surface area contributed by atoms with Gasteiger partial charge in [0.2, 0.25) is 5.91 Å². The maximum absolute atomic E-state index is 12.7. The van der Waals surface area contributed by atoms with Crippen molar-refractivity contribution >= 4 is 17.9 Å². The SMILES string of the molecule is CN(C)C(=O)N1CCC(C(=O)N2CCOCC2CC(=O)O)CC1. The van der Waals surface area contributed by atoms with Crippen LogP contribution in [0.15, 0.2) is 0 Å². The van der Waals surface area contributed by atoms with Gasteiger partial charge in [0, 0.05) is 39.6 Å². The van der Waals surface area contributed by atoms with Crippen molar-refractivity contribution in [2.75, 3.05) is 46.9 Å². The first-order valence-corrected chi connectivity index (χ1v) is 7.96. The van der Waals surface area contributed by atoms with Gasteiger partial charge in [0.05, 0.1) is 25.7 Å². The van der Waals surface area contributed by atoms with E-state index in [1.54, 1.807) is 23.9 Å². The number of carbonyl (C=O) groups excluding carboxylic acids is 2. The first kappa shape index (κ1) is 17.5. The number of carboxylic acids is 1. The van der Waals surface area contributed by atoms with E-state index in [1.807, 2.05) is 0 Å². The second-order valence-corrected chi connectivity index (χ2v) is 6.30. The lowest BCUT2D eigenvalue weighted by atomic mass is 9.94. The third-order valence-electron chi connectivity index (χ3n) is 4.42. The summed E-state index contributed by atoms with van der Waals surface area (Å²) in [5.74, 6) is -1.07. The molecule has 2 fully saturated rings. The molecule has 3 amide bonds. The van der Waals surface area contributed by atoms with Crippen molar-refractivity contribution in [1.29, 1.82) is 0 Å². The standard InChI is InChI=1S/C15H25N3O5/c1-16(2)15(22)17-5-3-11(4-6-17)14(21)18-7-8-23-10-12(18)9-13(19)20/h11-12H,3-10H2,1-2H3,(H,19,20). The van der Waals surface area contributed by atoms with Crippen LogP contribution in [0.3, 0.4) is 0 Å². The Morgan fingerprint density at radius 3 is 2.39 bits per heavy atom. The first-order chi connectivity index (χ1) is 10.9. The molecule has 1 atom stereocenters. The summed E-state index contributed by atoms with van der Waals surface area (Å²) in [6.07, 6.45) is 1.15. The highest BCUT2D eigenvalue weighted by atomic mass is 16.5. The number of ether oxygens (including phenoxy) is 1. The molecular weight excluding hydrogens is 302 g/mol. The highest BCUT2D eigenvalue weighted by molar-refractivity contribution is 5.81. The van der Waals surface area contributed by atoms with Gasteiger partial charge in [-0.1, -0.05) is 0 Å². The average molecular weight is 327 g/mol. The molecule has 0 spiro atoms. The van der Waals surface area contributed by atoms with Gasteiger partial charge in [-0.2, -0.15) is 0 Å². The molecule has 2 rings (SSSR count). The van der Waals surface area contributed by atoms with Crippen LogP contribution >= 0.6 is 0 Å². The molecule has 0 saturated carbocycles. The van der Waals surface area contributed by atoms with E-state index in [2.05, 4.69) is 0 Å². The molecule has 8 heteroatoms. The number of carboxylic acid groups (broad SMARTS) is 1. The molecule has 0 aromatic carbocycles. The number of urea groups is 1. The molecule has 23 heavy (non-hydrogen) atoms. The molecule has 0 bridgehead atoms. The third kappa shape index (κ3) is 4.34. The molecule has 2 aliphatic heterocycles. The molecular formula is C15H25N3O5. The van der Waals surface area contributed by atoms with E-state index in [4.69, 9.17) is 9.84 Å². The number of nitrogens with zero attached hydrogens (tertiary/aromatic N) is 3. The molecule has 1 N–H and O–H groups in total. The van der Waals surface area contributed by atoms with Gasteiger partial charge < -0.3 is 24.5 Å². The summed E-state index contributed by atoms with van der Waals surface area (Å²) in [4.78, 5) is 40.5. The van der Waals surface area contributed by atoms with Gasteiger partial charge in [-0.15, -0.1) is 0 Å². The Morgan fingerprint density at radius 2 is 1.83 bits per heavy atom.